The van der Waals surface area contributed by atoms with Crippen LogP contribution in [0.15, 0.2) is 84.9 Å². The molecule has 0 spiro atoms. The van der Waals surface area contributed by atoms with Crippen LogP contribution in [0.5, 0.6) is 0 Å². The molecular formula is C27H24O2. The van der Waals surface area contributed by atoms with E-state index in [2.05, 4.69) is 84.9 Å². The zero-order valence-corrected chi connectivity index (χ0v) is 16.3. The standard InChI is InChI=1S/C27H24O2/c28-16-14-27(15-17-29)25-11-4-3-9-23(25)24-13-12-20(18-26(24)27)22-10-5-7-19-6-1-2-8-21(19)22/h1-13,18,28-29H,14-17H2. The SMILES string of the molecule is OCCC1(CCO)c2ccccc2-c2ccc(-c3cccc4ccccc34)cc21. The first-order valence-electron chi connectivity index (χ1n) is 10.2. The average molecular weight is 380 g/mol. The molecule has 0 bridgehead atoms. The fraction of sp³-hybridized carbons (Fsp3) is 0.185. The number of aliphatic hydroxyl groups is 2. The first-order valence-corrected chi connectivity index (χ1v) is 10.2. The van der Waals surface area contributed by atoms with Crippen molar-refractivity contribution in [3.63, 3.8) is 0 Å². The van der Waals surface area contributed by atoms with Crippen molar-refractivity contribution in [3.05, 3.63) is 96.1 Å². The molecule has 29 heavy (non-hydrogen) atoms. The molecule has 0 aromatic heterocycles. The normalized spacial score (nSPS) is 14.0. The Morgan fingerprint density at radius 1 is 0.586 bits per heavy atom. The Balaban J connectivity index is 1.76. The molecule has 4 aromatic carbocycles. The summed E-state index contributed by atoms with van der Waals surface area (Å²) in [6.07, 6.45) is 1.22. The highest BCUT2D eigenvalue weighted by Crippen LogP contribution is 2.53. The molecule has 0 aliphatic heterocycles. The molecule has 0 radical (unpaired) electrons. The van der Waals surface area contributed by atoms with Gasteiger partial charge in [-0.05, 0) is 63.1 Å². The van der Waals surface area contributed by atoms with Gasteiger partial charge in [0.25, 0.3) is 0 Å². The van der Waals surface area contributed by atoms with Crippen LogP contribution < -0.4 is 0 Å². The maximum Gasteiger partial charge on any atom is 0.0442 e. The van der Waals surface area contributed by atoms with Crippen molar-refractivity contribution in [2.45, 2.75) is 18.3 Å². The highest BCUT2D eigenvalue weighted by molar-refractivity contribution is 5.97. The molecule has 0 fully saturated rings. The van der Waals surface area contributed by atoms with Crippen LogP contribution in [-0.4, -0.2) is 23.4 Å². The number of hydrogen-bond acceptors (Lipinski definition) is 2. The summed E-state index contributed by atoms with van der Waals surface area (Å²) >= 11 is 0. The van der Waals surface area contributed by atoms with Crippen molar-refractivity contribution in [3.8, 4) is 22.3 Å². The zero-order valence-electron chi connectivity index (χ0n) is 16.3. The van der Waals surface area contributed by atoms with Gasteiger partial charge < -0.3 is 10.2 Å². The van der Waals surface area contributed by atoms with E-state index in [-0.39, 0.29) is 18.6 Å². The molecular weight excluding hydrogens is 356 g/mol. The first-order chi connectivity index (χ1) is 14.3. The average Bonchev–Trinajstić information content (AvgIpc) is 3.03. The quantitative estimate of drug-likeness (QED) is 0.477. The number of fused-ring (bicyclic) bond motifs is 4. The number of aliphatic hydroxyl groups excluding tert-OH is 2. The van der Waals surface area contributed by atoms with Gasteiger partial charge in [0.15, 0.2) is 0 Å². The molecule has 5 rings (SSSR count). The summed E-state index contributed by atoms with van der Waals surface area (Å²) in [7, 11) is 0. The summed E-state index contributed by atoms with van der Waals surface area (Å²) in [5.74, 6) is 0. The summed E-state index contributed by atoms with van der Waals surface area (Å²) in [5, 5.41) is 22.3. The lowest BCUT2D eigenvalue weighted by atomic mass is 9.72. The largest absolute Gasteiger partial charge is 0.396 e. The highest BCUT2D eigenvalue weighted by atomic mass is 16.3. The zero-order chi connectivity index (χ0) is 19.8. The smallest absolute Gasteiger partial charge is 0.0442 e. The number of rotatable bonds is 5. The molecule has 2 nitrogen and oxygen atoms in total. The fourth-order valence-electron chi connectivity index (χ4n) is 5.15. The Labute approximate surface area is 171 Å². The molecule has 4 aromatic rings. The van der Waals surface area contributed by atoms with Gasteiger partial charge in [-0.15, -0.1) is 0 Å². The van der Waals surface area contributed by atoms with E-state index < -0.39 is 0 Å². The van der Waals surface area contributed by atoms with E-state index in [9.17, 15) is 10.2 Å². The molecule has 2 heteroatoms. The predicted octanol–water partition coefficient (Wildman–Crippen LogP) is 5.54. The Kier molecular flexibility index (Phi) is 4.46. The van der Waals surface area contributed by atoms with E-state index in [1.165, 1.54) is 44.2 Å². The van der Waals surface area contributed by atoms with Crippen LogP contribution in [0, 0.1) is 0 Å². The van der Waals surface area contributed by atoms with Crippen molar-refractivity contribution in [2.24, 2.45) is 0 Å². The van der Waals surface area contributed by atoms with E-state index in [1.807, 2.05) is 0 Å². The van der Waals surface area contributed by atoms with Crippen molar-refractivity contribution in [1.82, 2.24) is 0 Å². The molecule has 2 N–H and O–H groups in total. The molecule has 1 aliphatic rings. The minimum Gasteiger partial charge on any atom is -0.396 e. The Morgan fingerprint density at radius 2 is 1.24 bits per heavy atom. The van der Waals surface area contributed by atoms with E-state index in [1.54, 1.807) is 0 Å². The molecule has 1 aliphatic carbocycles. The molecule has 0 heterocycles. The van der Waals surface area contributed by atoms with Crippen molar-refractivity contribution in [2.75, 3.05) is 13.2 Å². The molecule has 0 saturated heterocycles. The second kappa shape index (κ2) is 7.14. The van der Waals surface area contributed by atoms with Crippen LogP contribution in [0.1, 0.15) is 24.0 Å². The predicted molar refractivity (Wildman–Crippen MR) is 119 cm³/mol. The third-order valence-electron chi connectivity index (χ3n) is 6.45. The van der Waals surface area contributed by atoms with Crippen LogP contribution in [0.4, 0.5) is 0 Å². The van der Waals surface area contributed by atoms with Gasteiger partial charge in [-0.3, -0.25) is 0 Å². The maximum absolute atomic E-state index is 9.92. The summed E-state index contributed by atoms with van der Waals surface area (Å²) < 4.78 is 0. The van der Waals surface area contributed by atoms with E-state index in [0.717, 1.165) is 0 Å². The van der Waals surface area contributed by atoms with Gasteiger partial charge in [0.05, 0.1) is 0 Å². The van der Waals surface area contributed by atoms with Gasteiger partial charge >= 0.3 is 0 Å². The molecule has 0 saturated carbocycles. The second-order valence-corrected chi connectivity index (χ2v) is 7.86. The van der Waals surface area contributed by atoms with E-state index >= 15 is 0 Å². The summed E-state index contributed by atoms with van der Waals surface area (Å²) in [6.45, 7) is 0.179. The third-order valence-corrected chi connectivity index (χ3v) is 6.45. The van der Waals surface area contributed by atoms with Gasteiger partial charge in [-0.25, -0.2) is 0 Å². The first kappa shape index (κ1) is 18.1. The number of benzene rings is 4. The minimum atomic E-state index is -0.351. The lowest BCUT2D eigenvalue weighted by Gasteiger charge is -2.31. The van der Waals surface area contributed by atoms with Gasteiger partial charge in [-0.1, -0.05) is 78.9 Å². The van der Waals surface area contributed by atoms with Crippen molar-refractivity contribution < 1.29 is 10.2 Å². The molecule has 0 atom stereocenters. The second-order valence-electron chi connectivity index (χ2n) is 7.86. The lowest BCUT2D eigenvalue weighted by Crippen LogP contribution is -2.28. The van der Waals surface area contributed by atoms with Crippen LogP contribution >= 0.6 is 0 Å². The fourth-order valence-corrected chi connectivity index (χ4v) is 5.15. The monoisotopic (exact) mass is 380 g/mol. The van der Waals surface area contributed by atoms with Crippen LogP contribution in [0.3, 0.4) is 0 Å². The summed E-state index contributed by atoms with van der Waals surface area (Å²) in [6, 6.07) is 30.0. The highest BCUT2D eigenvalue weighted by Gasteiger charge is 2.42. The molecule has 0 unspecified atom stereocenters. The third kappa shape index (κ3) is 2.71. The van der Waals surface area contributed by atoms with Gasteiger partial charge in [0.1, 0.15) is 0 Å². The Hall–Kier alpha value is -2.94. The van der Waals surface area contributed by atoms with Crippen LogP contribution in [0.25, 0.3) is 33.0 Å². The Morgan fingerprint density at radius 3 is 2.07 bits per heavy atom. The van der Waals surface area contributed by atoms with Crippen LogP contribution in [0.2, 0.25) is 0 Å². The van der Waals surface area contributed by atoms with E-state index in [0.29, 0.717) is 12.8 Å². The van der Waals surface area contributed by atoms with Crippen molar-refractivity contribution >= 4 is 10.8 Å². The van der Waals surface area contributed by atoms with Gasteiger partial charge in [0, 0.05) is 18.6 Å². The number of hydrogen-bond donors (Lipinski definition) is 2. The van der Waals surface area contributed by atoms with Crippen LogP contribution in [-0.2, 0) is 5.41 Å². The van der Waals surface area contributed by atoms with E-state index in [4.69, 9.17) is 0 Å². The lowest BCUT2D eigenvalue weighted by molar-refractivity contribution is 0.213. The van der Waals surface area contributed by atoms with Gasteiger partial charge in [-0.2, -0.15) is 0 Å². The minimum absolute atomic E-state index is 0.0896. The Bertz CT molecular complexity index is 1180. The molecule has 144 valence electrons. The summed E-state index contributed by atoms with van der Waals surface area (Å²) in [5.41, 5.74) is 6.90. The maximum atomic E-state index is 9.92. The van der Waals surface area contributed by atoms with Gasteiger partial charge in [0.2, 0.25) is 0 Å². The van der Waals surface area contributed by atoms with Crippen molar-refractivity contribution in [1.29, 1.82) is 0 Å². The topological polar surface area (TPSA) is 40.5 Å². The summed E-state index contributed by atoms with van der Waals surface area (Å²) in [4.78, 5) is 0. The molecule has 0 amide bonds.